The van der Waals surface area contributed by atoms with Gasteiger partial charge in [0.15, 0.2) is 40.8 Å². The molecule has 0 unspecified atom stereocenters. The van der Waals surface area contributed by atoms with Crippen LogP contribution in [0, 0.1) is 0 Å². The fourth-order valence-electron chi connectivity index (χ4n) is 4.89. The summed E-state index contributed by atoms with van der Waals surface area (Å²) in [6.07, 6.45) is -1.94. The summed E-state index contributed by atoms with van der Waals surface area (Å²) in [4.78, 5) is 13.8. The number of hydrogen-bond donors (Lipinski definition) is 3. The van der Waals surface area contributed by atoms with Gasteiger partial charge in [0, 0.05) is 11.6 Å². The molecule has 41 heavy (non-hydrogen) atoms. The zero-order valence-electron chi connectivity index (χ0n) is 22.8. The molecular formula is C29H28O12. The maximum Gasteiger partial charge on any atom is 0.239 e. The van der Waals surface area contributed by atoms with Gasteiger partial charge < -0.3 is 52.9 Å². The SMILES string of the molecule is COc1ccc(O)cc1-c1oc2c3c(cc(OC)c2c(=O)c1OC)O[C@H](CO)[C@@H](c1ccc(O)c(OC)c1OC)O3. The minimum Gasteiger partial charge on any atom is -0.508 e. The lowest BCUT2D eigenvalue weighted by Gasteiger charge is -2.34. The van der Waals surface area contributed by atoms with E-state index < -0.39 is 24.2 Å². The highest BCUT2D eigenvalue weighted by Crippen LogP contribution is 2.51. The maximum atomic E-state index is 13.8. The second-order valence-electron chi connectivity index (χ2n) is 8.91. The third-order valence-electron chi connectivity index (χ3n) is 6.74. The molecule has 0 radical (unpaired) electrons. The van der Waals surface area contributed by atoms with Gasteiger partial charge in [-0.05, 0) is 30.3 Å². The lowest BCUT2D eigenvalue weighted by atomic mass is 10.00. The Balaban J connectivity index is 1.81. The Morgan fingerprint density at radius 3 is 2.15 bits per heavy atom. The molecule has 4 aromatic rings. The van der Waals surface area contributed by atoms with Crippen LogP contribution in [0.2, 0.25) is 0 Å². The summed E-state index contributed by atoms with van der Waals surface area (Å²) in [5.41, 5.74) is 0.00619. The molecule has 0 bridgehead atoms. The van der Waals surface area contributed by atoms with Crippen molar-refractivity contribution in [2.75, 3.05) is 42.2 Å². The molecule has 1 aliphatic heterocycles. The Bertz CT molecular complexity index is 1680. The van der Waals surface area contributed by atoms with E-state index in [1.54, 1.807) is 6.07 Å². The van der Waals surface area contributed by atoms with Gasteiger partial charge in [0.25, 0.3) is 0 Å². The summed E-state index contributed by atoms with van der Waals surface area (Å²) in [7, 11) is 6.89. The number of aliphatic hydroxyl groups excluding tert-OH is 1. The van der Waals surface area contributed by atoms with Gasteiger partial charge in [0.05, 0.1) is 47.7 Å². The Morgan fingerprint density at radius 1 is 0.805 bits per heavy atom. The molecule has 1 aromatic heterocycles. The molecule has 0 fully saturated rings. The van der Waals surface area contributed by atoms with Crippen molar-refractivity contribution in [2.24, 2.45) is 0 Å². The van der Waals surface area contributed by atoms with Crippen LogP contribution in [0.15, 0.2) is 45.6 Å². The van der Waals surface area contributed by atoms with Crippen LogP contribution in [-0.4, -0.2) is 63.6 Å². The molecular weight excluding hydrogens is 540 g/mol. The molecule has 3 N–H and O–H groups in total. The molecule has 2 atom stereocenters. The van der Waals surface area contributed by atoms with Crippen LogP contribution in [0.25, 0.3) is 22.3 Å². The van der Waals surface area contributed by atoms with Gasteiger partial charge in [0.2, 0.25) is 22.7 Å². The third-order valence-corrected chi connectivity index (χ3v) is 6.74. The Hall–Kier alpha value is -4.97. The molecule has 1 aliphatic rings. The van der Waals surface area contributed by atoms with Gasteiger partial charge in [0.1, 0.15) is 22.6 Å². The molecule has 0 saturated carbocycles. The summed E-state index contributed by atoms with van der Waals surface area (Å²) in [5.74, 6) is 0.341. The van der Waals surface area contributed by atoms with Gasteiger partial charge in [-0.15, -0.1) is 0 Å². The molecule has 12 heteroatoms. The van der Waals surface area contributed by atoms with E-state index in [0.29, 0.717) is 11.3 Å². The molecule has 0 saturated heterocycles. The van der Waals surface area contributed by atoms with Crippen LogP contribution in [0.1, 0.15) is 11.7 Å². The fraction of sp³-hybridized carbons (Fsp3) is 0.276. The normalized spacial score (nSPS) is 15.9. The van der Waals surface area contributed by atoms with Crippen LogP contribution in [-0.2, 0) is 0 Å². The van der Waals surface area contributed by atoms with E-state index in [0.717, 1.165) is 0 Å². The summed E-state index contributed by atoms with van der Waals surface area (Å²) < 4.78 is 46.1. The molecule has 5 rings (SSSR count). The predicted molar refractivity (Wildman–Crippen MR) is 145 cm³/mol. The topological polar surface area (TPSA) is 156 Å². The minimum atomic E-state index is -1.00. The molecule has 0 spiro atoms. The standard InChI is InChI=1S/C29H28O12/c1-34-17-9-6-13(31)10-15(17)25-29(38-5)22(33)21-18(35-2)11-19-27(28(21)41-25)40-23(20(12-30)39-19)14-7-8-16(32)26(37-4)24(14)36-3/h6-11,20,23,30-32H,12H2,1-5H3/t20-,23-/m1/s1. The van der Waals surface area contributed by atoms with Gasteiger partial charge in [-0.3, -0.25) is 4.79 Å². The monoisotopic (exact) mass is 568 g/mol. The van der Waals surface area contributed by atoms with E-state index in [1.807, 2.05) is 0 Å². The van der Waals surface area contributed by atoms with Gasteiger partial charge in [-0.25, -0.2) is 0 Å². The summed E-state index contributed by atoms with van der Waals surface area (Å²) in [6, 6.07) is 8.71. The number of phenolic OH excluding ortho intramolecular Hbond substituents is 2. The number of rotatable bonds is 8. The second-order valence-corrected chi connectivity index (χ2v) is 8.91. The van der Waals surface area contributed by atoms with E-state index >= 15 is 0 Å². The number of benzene rings is 3. The smallest absolute Gasteiger partial charge is 0.239 e. The van der Waals surface area contributed by atoms with Crippen LogP contribution in [0.3, 0.4) is 0 Å². The van der Waals surface area contributed by atoms with E-state index in [1.165, 1.54) is 65.9 Å². The number of aromatic hydroxyl groups is 2. The molecule has 3 aromatic carbocycles. The van der Waals surface area contributed by atoms with Crippen LogP contribution >= 0.6 is 0 Å². The number of fused-ring (bicyclic) bond motifs is 3. The van der Waals surface area contributed by atoms with Crippen molar-refractivity contribution in [1.82, 2.24) is 0 Å². The molecule has 0 amide bonds. The maximum absolute atomic E-state index is 13.8. The minimum absolute atomic E-state index is 0.00557. The zero-order chi connectivity index (χ0) is 29.4. The first-order valence-electron chi connectivity index (χ1n) is 12.3. The third kappa shape index (κ3) is 4.42. The lowest BCUT2D eigenvalue weighted by molar-refractivity contribution is -0.0130. The largest absolute Gasteiger partial charge is 0.508 e. The van der Waals surface area contributed by atoms with Crippen LogP contribution in [0.4, 0.5) is 0 Å². The van der Waals surface area contributed by atoms with Gasteiger partial charge >= 0.3 is 0 Å². The number of aliphatic hydroxyl groups is 1. The average Bonchev–Trinajstić information content (AvgIpc) is 2.99. The summed E-state index contributed by atoms with van der Waals surface area (Å²) in [5, 5.41) is 30.7. The first-order valence-corrected chi connectivity index (χ1v) is 12.3. The van der Waals surface area contributed by atoms with Crippen molar-refractivity contribution < 1.29 is 52.9 Å². The summed E-state index contributed by atoms with van der Waals surface area (Å²) in [6.45, 7) is -0.463. The Labute approximate surface area is 233 Å². The van der Waals surface area contributed by atoms with Crippen LogP contribution < -0.4 is 38.6 Å². The zero-order valence-corrected chi connectivity index (χ0v) is 22.8. The van der Waals surface area contributed by atoms with Crippen molar-refractivity contribution >= 4 is 11.0 Å². The van der Waals surface area contributed by atoms with Crippen molar-refractivity contribution in [3.63, 3.8) is 0 Å². The Morgan fingerprint density at radius 2 is 1.51 bits per heavy atom. The molecule has 2 heterocycles. The van der Waals surface area contributed by atoms with Crippen molar-refractivity contribution in [2.45, 2.75) is 12.2 Å². The molecule has 0 aliphatic carbocycles. The predicted octanol–water partition coefficient (Wildman–Crippen LogP) is 3.79. The number of phenols is 2. The first-order chi connectivity index (χ1) is 19.8. The Kier molecular flexibility index (Phi) is 7.33. The highest BCUT2D eigenvalue weighted by atomic mass is 16.6. The number of methoxy groups -OCH3 is 5. The van der Waals surface area contributed by atoms with Gasteiger partial charge in [-0.2, -0.15) is 0 Å². The first kappa shape index (κ1) is 27.6. The van der Waals surface area contributed by atoms with Crippen molar-refractivity contribution in [3.05, 3.63) is 52.2 Å². The number of ether oxygens (including phenoxy) is 7. The second kappa shape index (κ2) is 10.9. The van der Waals surface area contributed by atoms with Crippen LogP contribution in [0.5, 0.6) is 51.7 Å². The van der Waals surface area contributed by atoms with Crippen molar-refractivity contribution in [3.8, 4) is 63.1 Å². The summed E-state index contributed by atoms with van der Waals surface area (Å²) >= 11 is 0. The number of hydrogen-bond acceptors (Lipinski definition) is 12. The molecule has 216 valence electrons. The average molecular weight is 569 g/mol. The molecule has 12 nitrogen and oxygen atoms in total. The lowest BCUT2D eigenvalue weighted by Crippen LogP contribution is -2.36. The quantitative estimate of drug-likeness (QED) is 0.283. The highest BCUT2D eigenvalue weighted by Gasteiger charge is 2.39. The van der Waals surface area contributed by atoms with E-state index in [4.69, 9.17) is 37.6 Å². The van der Waals surface area contributed by atoms with E-state index in [-0.39, 0.29) is 68.3 Å². The fourth-order valence-corrected chi connectivity index (χ4v) is 4.89. The van der Waals surface area contributed by atoms with E-state index in [2.05, 4.69) is 0 Å². The van der Waals surface area contributed by atoms with Crippen molar-refractivity contribution in [1.29, 1.82) is 0 Å². The van der Waals surface area contributed by atoms with Gasteiger partial charge in [-0.1, -0.05) is 0 Å². The highest BCUT2D eigenvalue weighted by molar-refractivity contribution is 5.94. The van der Waals surface area contributed by atoms with E-state index in [9.17, 15) is 20.1 Å².